The van der Waals surface area contributed by atoms with E-state index in [9.17, 15) is 15.0 Å². The minimum Gasteiger partial charge on any atom is -0.758 e. The van der Waals surface area contributed by atoms with Crippen LogP contribution in [0.5, 0.6) is 0 Å². The van der Waals surface area contributed by atoms with Crippen molar-refractivity contribution in [2.45, 2.75) is 6.42 Å². The van der Waals surface area contributed by atoms with Crippen LogP contribution >= 0.6 is 0 Å². The number of hydrogen-bond acceptors (Lipinski definition) is 4. The first kappa shape index (κ1) is 16.1. The maximum Gasteiger partial charge on any atom is 0.513 e. The van der Waals surface area contributed by atoms with Gasteiger partial charge in [0.05, 0.1) is 13.5 Å². The molecule has 0 aliphatic heterocycles. The summed E-state index contributed by atoms with van der Waals surface area (Å²) in [4.78, 5) is 23.2. The van der Waals surface area contributed by atoms with E-state index < -0.39 is 11.9 Å². The lowest BCUT2D eigenvalue weighted by Gasteiger charge is -2.05. The number of aromatic nitrogens is 1. The second-order valence-corrected chi connectivity index (χ2v) is 4.64. The van der Waals surface area contributed by atoms with Crippen LogP contribution in [0.1, 0.15) is 6.42 Å². The fourth-order valence-corrected chi connectivity index (χ4v) is 2.00. The Balaban J connectivity index is 2.21. The molecule has 0 bridgehead atoms. The van der Waals surface area contributed by atoms with Crippen molar-refractivity contribution in [1.82, 2.24) is 0 Å². The summed E-state index contributed by atoms with van der Waals surface area (Å²) in [5.41, 5.74) is -0.0923. The van der Waals surface area contributed by atoms with E-state index in [0.29, 0.717) is 0 Å². The number of ketones is 1. The summed E-state index contributed by atoms with van der Waals surface area (Å²) in [6, 6.07) is 9.39. The molecule has 0 aliphatic carbocycles. The average molecular weight is 310 g/mol. The Labute approximate surface area is 132 Å². The van der Waals surface area contributed by atoms with Crippen LogP contribution in [-0.4, -0.2) is 24.9 Å². The zero-order valence-electron chi connectivity index (χ0n) is 12.5. The highest BCUT2D eigenvalue weighted by molar-refractivity contribution is 6.21. The van der Waals surface area contributed by atoms with E-state index in [1.807, 2.05) is 30.1 Å². The number of hydrogen-bond donors (Lipinski definition) is 0. The summed E-state index contributed by atoms with van der Waals surface area (Å²) in [6.45, 7) is 3.47. The molecule has 6 nitrogen and oxygen atoms in total. The van der Waals surface area contributed by atoms with E-state index in [-0.39, 0.29) is 17.9 Å². The highest BCUT2D eigenvalue weighted by Gasteiger charge is 2.21. The van der Waals surface area contributed by atoms with Gasteiger partial charge in [-0.3, -0.25) is 4.79 Å². The molecule has 2 aromatic rings. The van der Waals surface area contributed by atoms with Crippen LogP contribution in [0.2, 0.25) is 0 Å². The van der Waals surface area contributed by atoms with Crippen molar-refractivity contribution in [3.63, 3.8) is 0 Å². The van der Waals surface area contributed by atoms with E-state index in [0.717, 1.165) is 17.9 Å². The molecule has 0 unspecified atom stereocenters. The molecule has 1 heterocycles. The van der Waals surface area contributed by atoms with Crippen molar-refractivity contribution in [1.29, 1.82) is 0 Å². The van der Waals surface area contributed by atoms with E-state index in [2.05, 4.69) is 16.1 Å². The Morgan fingerprint density at radius 3 is 2.61 bits per heavy atom. The number of pyridine rings is 1. The highest BCUT2D eigenvalue weighted by atomic mass is 16.7. The van der Waals surface area contributed by atoms with Gasteiger partial charge in [-0.05, 0) is 11.5 Å². The molecule has 0 spiro atoms. The van der Waals surface area contributed by atoms with Gasteiger partial charge in [0, 0.05) is 11.5 Å². The number of benzene rings is 1. The van der Waals surface area contributed by atoms with Crippen LogP contribution in [0.4, 0.5) is 4.79 Å². The summed E-state index contributed by atoms with van der Waals surface area (Å²) in [6.07, 6.45) is 2.07. The van der Waals surface area contributed by atoms with Gasteiger partial charge < -0.3 is 14.9 Å². The minimum absolute atomic E-state index is 0.0870. The number of carbonyl (C=O) groups is 2. The van der Waals surface area contributed by atoms with Gasteiger partial charge in [-0.1, -0.05) is 24.8 Å². The molecular weight excluding hydrogens is 296 g/mol. The van der Waals surface area contributed by atoms with Crippen LogP contribution in [-0.2, 0) is 14.3 Å². The molecule has 116 valence electrons. The van der Waals surface area contributed by atoms with Gasteiger partial charge in [-0.2, -0.15) is 10.4 Å². The third-order valence-electron chi connectivity index (χ3n) is 3.07. The number of nitrogens with zero attached hydrogens (tertiary/aromatic N) is 2. The van der Waals surface area contributed by atoms with Gasteiger partial charge in [0.1, 0.15) is 5.76 Å². The molecule has 0 amide bonds. The summed E-state index contributed by atoms with van der Waals surface area (Å²) in [5.74, 6) is 1.27. The predicted octanol–water partition coefficient (Wildman–Crippen LogP) is 2.46. The highest BCUT2D eigenvalue weighted by Crippen LogP contribution is 2.12. The zero-order valence-corrected chi connectivity index (χ0v) is 12.5. The van der Waals surface area contributed by atoms with Crippen molar-refractivity contribution in [2.24, 2.45) is 0 Å². The number of ether oxygens (including phenoxy) is 2. The second kappa shape index (κ2) is 7.15. The average Bonchev–Trinajstić information content (AvgIpc) is 2.55. The van der Waals surface area contributed by atoms with Crippen molar-refractivity contribution in [3.8, 4) is 0 Å². The molecule has 0 saturated carbocycles. The first-order valence-corrected chi connectivity index (χ1v) is 6.69. The van der Waals surface area contributed by atoms with Crippen LogP contribution in [0.15, 0.2) is 55.1 Å². The quantitative estimate of drug-likeness (QED) is 0.279. The molecule has 0 atom stereocenters. The van der Waals surface area contributed by atoms with Crippen LogP contribution < -0.4 is 4.57 Å². The summed E-state index contributed by atoms with van der Waals surface area (Å²) in [5, 5.41) is 11.2. The lowest BCUT2D eigenvalue weighted by atomic mass is 10.1. The molecule has 6 heteroatoms. The molecule has 0 aliphatic rings. The first-order valence-electron chi connectivity index (χ1n) is 6.69. The Morgan fingerprint density at radius 2 is 1.96 bits per heavy atom. The fraction of sp³-hybridized carbons (Fsp3) is 0.118. The Bertz CT molecular complexity index is 835. The Kier molecular flexibility index (Phi) is 5.02. The van der Waals surface area contributed by atoms with Crippen molar-refractivity contribution in [2.75, 3.05) is 7.11 Å². The number of rotatable bonds is 5. The third-order valence-corrected chi connectivity index (χ3v) is 3.07. The normalized spacial score (nSPS) is 9.78. The summed E-state index contributed by atoms with van der Waals surface area (Å²) in [7, 11) is 1.15. The van der Waals surface area contributed by atoms with E-state index >= 15 is 0 Å². The molecule has 2 rings (SSSR count). The van der Waals surface area contributed by atoms with Gasteiger partial charge in [0.15, 0.2) is 12.4 Å². The number of methoxy groups -OCH3 is 1. The molecule has 1 aromatic heterocycles. The van der Waals surface area contributed by atoms with Gasteiger partial charge in [0.2, 0.25) is 5.78 Å². The van der Waals surface area contributed by atoms with Crippen molar-refractivity contribution in [3.05, 3.63) is 60.5 Å². The fourth-order valence-electron chi connectivity index (χ4n) is 2.00. The standard InChI is InChI=1S/C17H14N2O4/c1-12(23-17(21)22-2)9-16(20)15(10-18)19-8-7-13-5-3-4-6-14(13)11-19/h3-8,11H,1,9H2,2H3. The predicted molar refractivity (Wildman–Crippen MR) is 84.5 cm³/mol. The lowest BCUT2D eigenvalue weighted by molar-refractivity contribution is -0.574. The lowest BCUT2D eigenvalue weighted by Crippen LogP contribution is -2.36. The largest absolute Gasteiger partial charge is 0.758 e. The smallest absolute Gasteiger partial charge is 0.513 e. The van der Waals surface area contributed by atoms with Crippen LogP contribution in [0.25, 0.3) is 21.9 Å². The van der Waals surface area contributed by atoms with Crippen molar-refractivity contribution < 1.29 is 23.6 Å². The van der Waals surface area contributed by atoms with Gasteiger partial charge in [-0.15, -0.1) is 0 Å². The second-order valence-electron chi connectivity index (χ2n) is 4.64. The maximum absolute atomic E-state index is 12.2. The van der Waals surface area contributed by atoms with E-state index in [1.54, 1.807) is 18.5 Å². The monoisotopic (exact) mass is 310 g/mol. The number of fused-ring (bicyclic) bond motifs is 1. The van der Waals surface area contributed by atoms with Gasteiger partial charge >= 0.3 is 6.16 Å². The molecule has 1 aromatic carbocycles. The molecule has 23 heavy (non-hydrogen) atoms. The SMILES string of the molecule is C=C(CC(=O)C(=C=[N-])[n+]1ccc2ccccc2c1)OC(=O)OC. The Morgan fingerprint density at radius 1 is 1.26 bits per heavy atom. The molecule has 0 N–H and O–H groups in total. The number of allylic oxidation sites excluding steroid dienone is 2. The first-order chi connectivity index (χ1) is 11.0. The van der Waals surface area contributed by atoms with Crippen LogP contribution in [0, 0.1) is 0 Å². The van der Waals surface area contributed by atoms with Gasteiger partial charge in [-0.25, -0.2) is 4.79 Å². The minimum atomic E-state index is -0.959. The molecular formula is C17H14N2O4. The third kappa shape index (κ3) is 3.90. The van der Waals surface area contributed by atoms with E-state index in [4.69, 9.17) is 0 Å². The van der Waals surface area contributed by atoms with Crippen LogP contribution in [0.3, 0.4) is 0 Å². The Hall–Kier alpha value is -3.24. The van der Waals surface area contributed by atoms with Gasteiger partial charge in [0.25, 0.3) is 5.70 Å². The maximum atomic E-state index is 12.2. The molecule has 0 fully saturated rings. The number of Topliss-reactive ketones (excluding diaryl/α,β-unsaturated/α-hetero) is 1. The topological polar surface area (TPSA) is 78.8 Å². The number of carbonyl (C=O) groups excluding carboxylic acids is 2. The summed E-state index contributed by atoms with van der Waals surface area (Å²) < 4.78 is 10.4. The molecule has 0 saturated heterocycles. The van der Waals surface area contributed by atoms with Crippen molar-refractivity contribution >= 4 is 34.3 Å². The summed E-state index contributed by atoms with van der Waals surface area (Å²) >= 11 is 0. The zero-order chi connectivity index (χ0) is 16.8. The molecule has 0 radical (unpaired) electrons. The van der Waals surface area contributed by atoms with E-state index in [1.165, 1.54) is 4.57 Å².